The number of furan rings is 1. The van der Waals surface area contributed by atoms with Crippen LogP contribution in [-0.4, -0.2) is 0 Å². The topological polar surface area (TPSA) is 25.2 Å². The summed E-state index contributed by atoms with van der Waals surface area (Å²) in [6.45, 7) is 1.81. The molecule has 0 atom stereocenters. The van der Waals surface area contributed by atoms with Gasteiger partial charge in [0.25, 0.3) is 0 Å². The van der Waals surface area contributed by atoms with Crippen LogP contribution in [0.15, 0.2) is 22.6 Å². The Morgan fingerprint density at radius 1 is 1.00 bits per heavy atom. The number of aryl methyl sites for hydroxylation is 1. The molecule has 2 nitrogen and oxygen atoms in total. The van der Waals surface area contributed by atoms with Gasteiger partial charge in [-0.15, -0.1) is 0 Å². The maximum absolute atomic E-state index is 13.3. The largest absolute Gasteiger partial charge is 0.464 e. The second-order valence-corrected chi connectivity index (χ2v) is 3.92. The fraction of sp³-hybridized carbons (Fsp3) is 0.231. The summed E-state index contributed by atoms with van der Waals surface area (Å²) in [6, 6.07) is 3.51. The second-order valence-electron chi connectivity index (χ2n) is 3.92. The van der Waals surface area contributed by atoms with E-state index in [1.807, 2.05) is 6.92 Å². The lowest BCUT2D eigenvalue weighted by atomic mass is 10.2. The molecule has 19 heavy (non-hydrogen) atoms. The summed E-state index contributed by atoms with van der Waals surface area (Å²) in [5.74, 6) is -4.68. The molecule has 2 rings (SSSR count). The van der Waals surface area contributed by atoms with Crippen LogP contribution in [0.5, 0.6) is 0 Å². The smallest absolute Gasteiger partial charge is 0.185 e. The Morgan fingerprint density at radius 2 is 1.58 bits per heavy atom. The highest BCUT2D eigenvalue weighted by molar-refractivity contribution is 5.47. The van der Waals surface area contributed by atoms with Crippen LogP contribution in [0.4, 0.5) is 23.2 Å². The first-order valence-electron chi connectivity index (χ1n) is 5.67. The van der Waals surface area contributed by atoms with Gasteiger partial charge < -0.3 is 9.73 Å². The predicted octanol–water partition coefficient (Wildman–Crippen LogP) is 4.01. The first kappa shape index (κ1) is 13.5. The summed E-state index contributed by atoms with van der Waals surface area (Å²) in [4.78, 5) is 0. The van der Waals surface area contributed by atoms with Gasteiger partial charge >= 0.3 is 0 Å². The number of rotatable bonds is 4. The summed E-state index contributed by atoms with van der Waals surface area (Å²) >= 11 is 0. The third-order valence-corrected chi connectivity index (χ3v) is 2.62. The SMILES string of the molecule is CCc1ccc(CNc2c(F)c(F)cc(F)c2F)o1. The van der Waals surface area contributed by atoms with Crippen molar-refractivity contribution in [2.75, 3.05) is 5.32 Å². The van der Waals surface area contributed by atoms with Crippen LogP contribution in [-0.2, 0) is 13.0 Å². The van der Waals surface area contributed by atoms with Crippen molar-refractivity contribution in [2.24, 2.45) is 0 Å². The van der Waals surface area contributed by atoms with E-state index in [-0.39, 0.29) is 12.6 Å². The standard InChI is InChI=1S/C13H11F4NO/c1-2-7-3-4-8(19-7)6-18-13-11(16)9(14)5-10(15)12(13)17/h3-5,18H,2,6H2,1H3. The molecule has 102 valence electrons. The molecule has 1 N–H and O–H groups in total. The van der Waals surface area contributed by atoms with Crippen molar-refractivity contribution in [2.45, 2.75) is 19.9 Å². The number of anilines is 1. The predicted molar refractivity (Wildman–Crippen MR) is 61.7 cm³/mol. The van der Waals surface area contributed by atoms with Crippen LogP contribution in [0.1, 0.15) is 18.4 Å². The van der Waals surface area contributed by atoms with E-state index < -0.39 is 29.0 Å². The fourth-order valence-electron chi connectivity index (χ4n) is 1.61. The van der Waals surface area contributed by atoms with E-state index in [0.29, 0.717) is 17.9 Å². The van der Waals surface area contributed by atoms with Gasteiger partial charge in [0.2, 0.25) is 0 Å². The zero-order valence-electron chi connectivity index (χ0n) is 10.1. The lowest BCUT2D eigenvalue weighted by molar-refractivity contribution is 0.453. The fourth-order valence-corrected chi connectivity index (χ4v) is 1.61. The first-order chi connectivity index (χ1) is 9.02. The summed E-state index contributed by atoms with van der Waals surface area (Å²) in [5.41, 5.74) is -0.841. The van der Waals surface area contributed by atoms with Gasteiger partial charge in [-0.25, -0.2) is 17.6 Å². The Labute approximate surface area is 107 Å². The molecule has 0 radical (unpaired) electrons. The normalized spacial score (nSPS) is 10.8. The van der Waals surface area contributed by atoms with Gasteiger partial charge in [0.05, 0.1) is 6.54 Å². The molecule has 0 aliphatic rings. The molecule has 2 aromatic rings. The number of benzene rings is 1. The lowest BCUT2D eigenvalue weighted by Gasteiger charge is -2.08. The summed E-state index contributed by atoms with van der Waals surface area (Å²) in [6.07, 6.45) is 0.678. The van der Waals surface area contributed by atoms with E-state index in [4.69, 9.17) is 4.42 Å². The maximum Gasteiger partial charge on any atom is 0.185 e. The third-order valence-electron chi connectivity index (χ3n) is 2.62. The summed E-state index contributed by atoms with van der Waals surface area (Å²) < 4.78 is 57.9. The zero-order chi connectivity index (χ0) is 14.0. The Morgan fingerprint density at radius 3 is 2.11 bits per heavy atom. The van der Waals surface area contributed by atoms with E-state index in [1.165, 1.54) is 0 Å². The molecule has 0 unspecified atom stereocenters. The molecule has 1 aromatic heterocycles. The lowest BCUT2D eigenvalue weighted by Crippen LogP contribution is -2.06. The minimum atomic E-state index is -1.46. The van der Waals surface area contributed by atoms with Gasteiger partial charge in [-0.2, -0.15) is 0 Å². The van der Waals surface area contributed by atoms with E-state index in [1.54, 1.807) is 12.1 Å². The quantitative estimate of drug-likeness (QED) is 0.672. The second kappa shape index (κ2) is 5.34. The van der Waals surface area contributed by atoms with Crippen molar-refractivity contribution < 1.29 is 22.0 Å². The molecule has 1 heterocycles. The molecule has 0 saturated heterocycles. The molecule has 0 saturated carbocycles. The Balaban J connectivity index is 2.19. The zero-order valence-corrected chi connectivity index (χ0v) is 10.1. The van der Waals surface area contributed by atoms with Gasteiger partial charge in [0.15, 0.2) is 23.3 Å². The average Bonchev–Trinajstić information content (AvgIpc) is 2.84. The van der Waals surface area contributed by atoms with Crippen LogP contribution in [0.2, 0.25) is 0 Å². The molecule has 0 spiro atoms. The van der Waals surface area contributed by atoms with Crippen molar-refractivity contribution in [3.05, 3.63) is 53.0 Å². The Kier molecular flexibility index (Phi) is 3.78. The van der Waals surface area contributed by atoms with Crippen molar-refractivity contribution in [3.63, 3.8) is 0 Å². The Hall–Kier alpha value is -1.98. The number of nitrogens with one attached hydrogen (secondary N) is 1. The van der Waals surface area contributed by atoms with E-state index >= 15 is 0 Å². The highest BCUT2D eigenvalue weighted by Gasteiger charge is 2.19. The number of halogens is 4. The molecule has 6 heteroatoms. The molecule has 1 aromatic carbocycles. The van der Waals surface area contributed by atoms with Crippen LogP contribution in [0.25, 0.3) is 0 Å². The maximum atomic E-state index is 13.3. The van der Waals surface area contributed by atoms with Gasteiger partial charge in [-0.05, 0) is 12.1 Å². The van der Waals surface area contributed by atoms with E-state index in [0.717, 1.165) is 0 Å². The van der Waals surface area contributed by atoms with E-state index in [2.05, 4.69) is 5.32 Å². The molecular formula is C13H11F4NO. The third kappa shape index (κ3) is 2.72. The van der Waals surface area contributed by atoms with Gasteiger partial charge in [0.1, 0.15) is 17.2 Å². The molecule has 0 aliphatic heterocycles. The van der Waals surface area contributed by atoms with E-state index in [9.17, 15) is 17.6 Å². The highest BCUT2D eigenvalue weighted by atomic mass is 19.2. The molecule has 0 aliphatic carbocycles. The van der Waals surface area contributed by atoms with Crippen molar-refractivity contribution >= 4 is 5.69 Å². The van der Waals surface area contributed by atoms with Crippen molar-refractivity contribution in [3.8, 4) is 0 Å². The molecular weight excluding hydrogens is 262 g/mol. The minimum absolute atomic E-state index is 0.0727. The van der Waals surface area contributed by atoms with Crippen LogP contribution in [0, 0.1) is 23.3 Å². The molecule has 0 amide bonds. The Bertz CT molecular complexity index is 568. The van der Waals surface area contributed by atoms with Crippen molar-refractivity contribution in [1.82, 2.24) is 0 Å². The number of hydrogen-bond acceptors (Lipinski definition) is 2. The van der Waals surface area contributed by atoms with Crippen LogP contribution in [0.3, 0.4) is 0 Å². The first-order valence-corrected chi connectivity index (χ1v) is 5.67. The molecule has 0 bridgehead atoms. The average molecular weight is 273 g/mol. The van der Waals surface area contributed by atoms with Crippen LogP contribution < -0.4 is 5.32 Å². The van der Waals surface area contributed by atoms with Crippen LogP contribution >= 0.6 is 0 Å². The summed E-state index contributed by atoms with van der Waals surface area (Å²) in [5, 5.41) is 2.29. The minimum Gasteiger partial charge on any atom is -0.464 e. The van der Waals surface area contributed by atoms with Gasteiger partial charge in [-0.3, -0.25) is 0 Å². The van der Waals surface area contributed by atoms with Crippen molar-refractivity contribution in [1.29, 1.82) is 0 Å². The van der Waals surface area contributed by atoms with Gasteiger partial charge in [-0.1, -0.05) is 6.92 Å². The highest BCUT2D eigenvalue weighted by Crippen LogP contribution is 2.24. The van der Waals surface area contributed by atoms with Gasteiger partial charge in [0, 0.05) is 12.5 Å². The number of hydrogen-bond donors (Lipinski definition) is 1. The summed E-state index contributed by atoms with van der Waals surface area (Å²) in [7, 11) is 0. The monoisotopic (exact) mass is 273 g/mol. The molecule has 0 fully saturated rings.